The molecule has 0 saturated carbocycles. The van der Waals surface area contributed by atoms with Crippen LogP contribution in [-0.2, 0) is 9.59 Å². The predicted octanol–water partition coefficient (Wildman–Crippen LogP) is 5.70. The number of amides is 1. The van der Waals surface area contributed by atoms with Gasteiger partial charge in [0.1, 0.15) is 0 Å². The van der Waals surface area contributed by atoms with Crippen LogP contribution in [0.2, 0.25) is 0 Å². The molecule has 0 saturated heterocycles. The molecule has 32 heavy (non-hydrogen) atoms. The van der Waals surface area contributed by atoms with Gasteiger partial charge in [-0.25, -0.2) is 0 Å². The number of aliphatic carboxylic acids is 1. The average Bonchev–Trinajstić information content (AvgIpc) is 2.82. The second kappa shape index (κ2) is 9.23. The minimum atomic E-state index is -0.967. The van der Waals surface area contributed by atoms with Crippen molar-refractivity contribution in [3.63, 3.8) is 0 Å². The number of anilines is 1. The number of aryl methyl sites for hydroxylation is 1. The normalized spacial score (nSPS) is 22.3. The van der Waals surface area contributed by atoms with Gasteiger partial charge < -0.3 is 10.4 Å². The molecule has 4 nitrogen and oxygen atoms in total. The van der Waals surface area contributed by atoms with E-state index < -0.39 is 17.8 Å². The molecular formula is C28H27NO3. The van der Waals surface area contributed by atoms with E-state index in [0.717, 1.165) is 27.9 Å². The molecule has 0 aromatic heterocycles. The fourth-order valence-corrected chi connectivity index (χ4v) is 4.65. The van der Waals surface area contributed by atoms with E-state index in [9.17, 15) is 14.7 Å². The van der Waals surface area contributed by atoms with Crippen molar-refractivity contribution >= 4 is 17.6 Å². The Morgan fingerprint density at radius 3 is 1.78 bits per heavy atom. The molecule has 4 rings (SSSR count). The van der Waals surface area contributed by atoms with Gasteiger partial charge in [0.05, 0.1) is 11.8 Å². The first kappa shape index (κ1) is 21.6. The van der Waals surface area contributed by atoms with Crippen molar-refractivity contribution in [2.75, 3.05) is 5.32 Å². The standard InChI is InChI=1S/C28H27NO3/c1-18-10-9-15-24(19(18)2)29-27(30)25-22(20-11-5-3-6-12-20)16-17-23(26(25)28(31)32)21-13-7-4-8-14-21/h3-17,22-23,25-26H,1-2H3,(H,29,30)(H,31,32)/t22-,23-,25-,26-/m0/s1. The smallest absolute Gasteiger partial charge is 0.308 e. The molecule has 0 heterocycles. The number of carboxylic acids is 1. The van der Waals surface area contributed by atoms with Gasteiger partial charge in [-0.15, -0.1) is 0 Å². The highest BCUT2D eigenvalue weighted by molar-refractivity contribution is 5.97. The van der Waals surface area contributed by atoms with Gasteiger partial charge in [-0.3, -0.25) is 9.59 Å². The number of hydrogen-bond donors (Lipinski definition) is 2. The molecule has 1 amide bonds. The van der Waals surface area contributed by atoms with Gasteiger partial charge in [0.15, 0.2) is 0 Å². The van der Waals surface area contributed by atoms with Gasteiger partial charge in [0, 0.05) is 17.5 Å². The Bertz CT molecular complexity index is 1140. The first-order valence-corrected chi connectivity index (χ1v) is 10.9. The third kappa shape index (κ3) is 4.22. The summed E-state index contributed by atoms with van der Waals surface area (Å²) < 4.78 is 0. The maximum absolute atomic E-state index is 13.7. The number of carbonyl (C=O) groups excluding carboxylic acids is 1. The summed E-state index contributed by atoms with van der Waals surface area (Å²) in [5, 5.41) is 13.3. The zero-order chi connectivity index (χ0) is 22.7. The lowest BCUT2D eigenvalue weighted by atomic mass is 9.66. The fraction of sp³-hybridized carbons (Fsp3) is 0.214. The van der Waals surface area contributed by atoms with Gasteiger partial charge in [0.2, 0.25) is 5.91 Å². The molecule has 1 aliphatic rings. The summed E-state index contributed by atoms with van der Waals surface area (Å²) in [6.45, 7) is 3.95. The van der Waals surface area contributed by atoms with Crippen LogP contribution in [0, 0.1) is 25.7 Å². The van der Waals surface area contributed by atoms with Gasteiger partial charge in [-0.05, 0) is 42.2 Å². The number of carbonyl (C=O) groups is 2. The molecule has 4 heteroatoms. The SMILES string of the molecule is Cc1cccc(NC(=O)[C@@H]2[C@@H](C(=O)O)[C@H](c3ccccc3)C=C[C@H]2c2ccccc2)c1C. The maximum atomic E-state index is 13.7. The number of nitrogens with one attached hydrogen (secondary N) is 1. The summed E-state index contributed by atoms with van der Waals surface area (Å²) >= 11 is 0. The van der Waals surface area contributed by atoms with Gasteiger partial charge in [-0.2, -0.15) is 0 Å². The zero-order valence-electron chi connectivity index (χ0n) is 18.2. The lowest BCUT2D eigenvalue weighted by Gasteiger charge is -2.37. The van der Waals surface area contributed by atoms with Crippen LogP contribution in [0.1, 0.15) is 34.1 Å². The first-order valence-electron chi connectivity index (χ1n) is 10.9. The minimum Gasteiger partial charge on any atom is -0.481 e. The maximum Gasteiger partial charge on any atom is 0.308 e. The molecule has 2 N–H and O–H groups in total. The number of benzene rings is 3. The molecule has 3 aromatic rings. The van der Waals surface area contributed by atoms with Gasteiger partial charge >= 0.3 is 5.97 Å². The lowest BCUT2D eigenvalue weighted by molar-refractivity contribution is -0.147. The van der Waals surface area contributed by atoms with E-state index in [2.05, 4.69) is 5.32 Å². The van der Waals surface area contributed by atoms with Crippen LogP contribution in [0.5, 0.6) is 0 Å². The van der Waals surface area contributed by atoms with Crippen LogP contribution in [0.25, 0.3) is 0 Å². The Morgan fingerprint density at radius 1 is 0.719 bits per heavy atom. The van der Waals surface area contributed by atoms with E-state index in [-0.39, 0.29) is 17.7 Å². The molecule has 0 unspecified atom stereocenters. The lowest BCUT2D eigenvalue weighted by Crippen LogP contribution is -2.42. The van der Waals surface area contributed by atoms with E-state index >= 15 is 0 Å². The third-order valence-corrected chi connectivity index (χ3v) is 6.51. The van der Waals surface area contributed by atoms with Crippen LogP contribution in [0.3, 0.4) is 0 Å². The monoisotopic (exact) mass is 425 g/mol. The van der Waals surface area contributed by atoms with Crippen molar-refractivity contribution in [1.82, 2.24) is 0 Å². The first-order chi connectivity index (χ1) is 15.5. The molecule has 0 spiro atoms. The Balaban J connectivity index is 1.79. The summed E-state index contributed by atoms with van der Waals surface area (Å²) in [5.41, 5.74) is 4.60. The quantitative estimate of drug-likeness (QED) is 0.516. The Hall–Kier alpha value is -3.66. The van der Waals surface area contributed by atoms with Crippen LogP contribution < -0.4 is 5.32 Å². The van der Waals surface area contributed by atoms with Crippen LogP contribution >= 0.6 is 0 Å². The molecule has 4 atom stereocenters. The van der Waals surface area contributed by atoms with Gasteiger partial charge in [0.25, 0.3) is 0 Å². The minimum absolute atomic E-state index is 0.273. The van der Waals surface area contributed by atoms with Crippen LogP contribution in [-0.4, -0.2) is 17.0 Å². The van der Waals surface area contributed by atoms with Crippen molar-refractivity contribution in [2.45, 2.75) is 25.7 Å². The molecule has 0 aliphatic heterocycles. The molecule has 0 radical (unpaired) electrons. The summed E-state index contributed by atoms with van der Waals surface area (Å²) in [6, 6.07) is 25.0. The number of hydrogen-bond acceptors (Lipinski definition) is 2. The Morgan fingerprint density at radius 2 is 1.25 bits per heavy atom. The number of carboxylic acid groups (broad SMARTS) is 1. The molecular weight excluding hydrogens is 398 g/mol. The van der Waals surface area contributed by atoms with Gasteiger partial charge in [-0.1, -0.05) is 84.9 Å². The summed E-state index contributed by atoms with van der Waals surface area (Å²) in [6.07, 6.45) is 3.95. The largest absolute Gasteiger partial charge is 0.481 e. The van der Waals surface area contributed by atoms with E-state index in [1.807, 2.05) is 105 Å². The van der Waals surface area contributed by atoms with Crippen LogP contribution in [0.4, 0.5) is 5.69 Å². The van der Waals surface area contributed by atoms with Crippen molar-refractivity contribution in [2.24, 2.45) is 11.8 Å². The Kier molecular flexibility index (Phi) is 6.22. The summed E-state index contributed by atoms with van der Waals surface area (Å²) in [5.74, 6) is -3.61. The zero-order valence-corrected chi connectivity index (χ0v) is 18.2. The molecule has 162 valence electrons. The highest BCUT2D eigenvalue weighted by atomic mass is 16.4. The van der Waals surface area contributed by atoms with Crippen molar-refractivity contribution in [3.8, 4) is 0 Å². The summed E-state index contributed by atoms with van der Waals surface area (Å²) in [4.78, 5) is 26.3. The summed E-state index contributed by atoms with van der Waals surface area (Å²) in [7, 11) is 0. The second-order valence-corrected chi connectivity index (χ2v) is 8.38. The second-order valence-electron chi connectivity index (χ2n) is 8.38. The highest BCUT2D eigenvalue weighted by Gasteiger charge is 2.46. The average molecular weight is 426 g/mol. The van der Waals surface area contributed by atoms with Crippen molar-refractivity contribution in [1.29, 1.82) is 0 Å². The van der Waals surface area contributed by atoms with E-state index in [1.54, 1.807) is 0 Å². The number of allylic oxidation sites excluding steroid dienone is 2. The molecule has 0 bridgehead atoms. The number of rotatable bonds is 5. The molecule has 1 aliphatic carbocycles. The third-order valence-electron chi connectivity index (χ3n) is 6.51. The Labute approximate surface area is 188 Å². The van der Waals surface area contributed by atoms with E-state index in [0.29, 0.717) is 0 Å². The topological polar surface area (TPSA) is 66.4 Å². The van der Waals surface area contributed by atoms with Crippen molar-refractivity contribution < 1.29 is 14.7 Å². The fourth-order valence-electron chi connectivity index (χ4n) is 4.65. The van der Waals surface area contributed by atoms with E-state index in [1.165, 1.54) is 0 Å². The van der Waals surface area contributed by atoms with E-state index in [4.69, 9.17) is 0 Å². The van der Waals surface area contributed by atoms with Crippen molar-refractivity contribution in [3.05, 3.63) is 113 Å². The van der Waals surface area contributed by atoms with Crippen LogP contribution in [0.15, 0.2) is 91.0 Å². The molecule has 3 aromatic carbocycles. The molecule has 0 fully saturated rings. The highest BCUT2D eigenvalue weighted by Crippen LogP contribution is 2.45. The predicted molar refractivity (Wildman–Crippen MR) is 127 cm³/mol.